The molecule has 0 fully saturated rings. The number of amides is 1. The average molecular weight is 234 g/mol. The fourth-order valence-electron chi connectivity index (χ4n) is 1.21. The molecule has 1 amide bonds. The zero-order chi connectivity index (χ0) is 11.5. The highest BCUT2D eigenvalue weighted by Crippen LogP contribution is 2.17. The Morgan fingerprint density at radius 1 is 1.50 bits per heavy atom. The smallest absolute Gasteiger partial charge is 0.277 e. The van der Waals surface area contributed by atoms with Crippen LogP contribution in [0.4, 0.5) is 11.4 Å². The molecule has 0 aliphatic heterocycles. The minimum Gasteiger partial charge on any atom is -0.399 e. The lowest BCUT2D eigenvalue weighted by atomic mass is 10.2. The monoisotopic (exact) mass is 234 g/mol. The van der Waals surface area contributed by atoms with Gasteiger partial charge < -0.3 is 11.1 Å². The largest absolute Gasteiger partial charge is 0.399 e. The third kappa shape index (κ3) is 2.17. The molecule has 0 aliphatic carbocycles. The van der Waals surface area contributed by atoms with Crippen LogP contribution < -0.4 is 11.1 Å². The van der Waals surface area contributed by atoms with Crippen molar-refractivity contribution in [3.8, 4) is 0 Å². The number of benzene rings is 1. The van der Waals surface area contributed by atoms with Gasteiger partial charge in [-0.05, 0) is 42.2 Å². The molecule has 0 radical (unpaired) electrons. The van der Waals surface area contributed by atoms with Crippen molar-refractivity contribution in [2.45, 2.75) is 6.92 Å². The molecule has 82 valence electrons. The standard InChI is InChI=1S/C10H10N4OS/c1-6-4-7(2-3-8(6)11)12-10(15)9-5-16-14-13-9/h2-5H,11H2,1H3,(H,12,15). The van der Waals surface area contributed by atoms with Crippen molar-refractivity contribution in [1.82, 2.24) is 9.59 Å². The molecule has 0 spiro atoms. The van der Waals surface area contributed by atoms with Gasteiger partial charge in [0.2, 0.25) is 0 Å². The van der Waals surface area contributed by atoms with Crippen molar-refractivity contribution < 1.29 is 4.79 Å². The number of hydrogen-bond acceptors (Lipinski definition) is 5. The van der Waals surface area contributed by atoms with Gasteiger partial charge in [-0.15, -0.1) is 5.10 Å². The van der Waals surface area contributed by atoms with Crippen LogP contribution >= 0.6 is 11.5 Å². The first-order chi connectivity index (χ1) is 7.66. The minimum atomic E-state index is -0.266. The third-order valence-electron chi connectivity index (χ3n) is 2.12. The number of aryl methyl sites for hydroxylation is 1. The summed E-state index contributed by atoms with van der Waals surface area (Å²) in [5.41, 5.74) is 8.33. The number of carbonyl (C=O) groups excluding carboxylic acids is 1. The molecule has 0 saturated heterocycles. The summed E-state index contributed by atoms with van der Waals surface area (Å²) in [5.74, 6) is -0.266. The third-order valence-corrected chi connectivity index (χ3v) is 2.62. The number of carbonyl (C=O) groups is 1. The van der Waals surface area contributed by atoms with Crippen LogP contribution in [0, 0.1) is 6.92 Å². The van der Waals surface area contributed by atoms with Gasteiger partial charge >= 0.3 is 0 Å². The predicted octanol–water partition coefficient (Wildman–Crippen LogP) is 1.68. The fourth-order valence-corrected chi connectivity index (χ4v) is 1.65. The Labute approximate surface area is 96.5 Å². The highest BCUT2D eigenvalue weighted by atomic mass is 32.1. The Morgan fingerprint density at radius 3 is 2.94 bits per heavy atom. The summed E-state index contributed by atoms with van der Waals surface area (Å²) in [4.78, 5) is 11.6. The second-order valence-electron chi connectivity index (χ2n) is 3.32. The number of hydrogen-bond donors (Lipinski definition) is 2. The normalized spacial score (nSPS) is 10.1. The Hall–Kier alpha value is -1.95. The van der Waals surface area contributed by atoms with E-state index in [0.717, 1.165) is 17.1 Å². The van der Waals surface area contributed by atoms with Crippen LogP contribution in [0.1, 0.15) is 16.1 Å². The maximum atomic E-state index is 11.6. The van der Waals surface area contributed by atoms with Gasteiger partial charge in [-0.1, -0.05) is 4.49 Å². The highest BCUT2D eigenvalue weighted by molar-refractivity contribution is 7.03. The molecule has 16 heavy (non-hydrogen) atoms. The molecule has 0 saturated carbocycles. The number of anilines is 2. The quantitative estimate of drug-likeness (QED) is 0.775. The lowest BCUT2D eigenvalue weighted by Gasteiger charge is -2.05. The van der Waals surface area contributed by atoms with E-state index in [1.165, 1.54) is 0 Å². The summed E-state index contributed by atoms with van der Waals surface area (Å²) < 4.78 is 3.63. The Bertz CT molecular complexity index is 510. The minimum absolute atomic E-state index is 0.266. The van der Waals surface area contributed by atoms with E-state index in [-0.39, 0.29) is 5.91 Å². The zero-order valence-electron chi connectivity index (χ0n) is 8.60. The van der Waals surface area contributed by atoms with Crippen LogP contribution in [-0.2, 0) is 0 Å². The first-order valence-corrected chi connectivity index (χ1v) is 5.45. The van der Waals surface area contributed by atoms with E-state index in [4.69, 9.17) is 5.73 Å². The first-order valence-electron chi connectivity index (χ1n) is 4.61. The molecule has 0 aliphatic rings. The molecule has 0 bridgehead atoms. The van der Waals surface area contributed by atoms with Crippen LogP contribution in [0.15, 0.2) is 23.6 Å². The van der Waals surface area contributed by atoms with Crippen molar-refractivity contribution in [2.75, 3.05) is 11.1 Å². The second-order valence-corrected chi connectivity index (χ2v) is 3.93. The highest BCUT2D eigenvalue weighted by Gasteiger charge is 2.09. The Kier molecular flexibility index (Phi) is 2.82. The molecule has 2 rings (SSSR count). The number of nitrogen functional groups attached to an aromatic ring is 1. The lowest BCUT2D eigenvalue weighted by Crippen LogP contribution is -2.12. The number of nitrogens with one attached hydrogen (secondary N) is 1. The van der Waals surface area contributed by atoms with Crippen molar-refractivity contribution >= 4 is 28.8 Å². The SMILES string of the molecule is Cc1cc(NC(=O)c2csnn2)ccc1N. The summed E-state index contributed by atoms with van der Waals surface area (Å²) in [7, 11) is 0. The first kappa shape index (κ1) is 10.6. The van der Waals surface area contributed by atoms with Crippen molar-refractivity contribution in [2.24, 2.45) is 0 Å². The van der Waals surface area contributed by atoms with E-state index in [1.807, 2.05) is 13.0 Å². The van der Waals surface area contributed by atoms with Gasteiger partial charge in [-0.2, -0.15) is 0 Å². The van der Waals surface area contributed by atoms with Gasteiger partial charge in [-0.3, -0.25) is 4.79 Å². The van der Waals surface area contributed by atoms with Crippen LogP contribution in [0.5, 0.6) is 0 Å². The summed E-state index contributed by atoms with van der Waals surface area (Å²) in [5, 5.41) is 8.00. The van der Waals surface area contributed by atoms with Crippen molar-refractivity contribution in [1.29, 1.82) is 0 Å². The lowest BCUT2D eigenvalue weighted by molar-refractivity contribution is 0.102. The molecule has 1 aromatic carbocycles. The number of nitrogens with zero attached hydrogens (tertiary/aromatic N) is 2. The van der Waals surface area contributed by atoms with Crippen LogP contribution in [0.25, 0.3) is 0 Å². The molecule has 6 heteroatoms. The van der Waals surface area contributed by atoms with Crippen LogP contribution in [0.2, 0.25) is 0 Å². The molecular weight excluding hydrogens is 224 g/mol. The van der Waals surface area contributed by atoms with Crippen molar-refractivity contribution in [3.63, 3.8) is 0 Å². The summed E-state index contributed by atoms with van der Waals surface area (Å²) in [6, 6.07) is 5.32. The summed E-state index contributed by atoms with van der Waals surface area (Å²) in [6.07, 6.45) is 0. The fraction of sp³-hybridized carbons (Fsp3) is 0.100. The predicted molar refractivity (Wildman–Crippen MR) is 63.5 cm³/mol. The van der Waals surface area contributed by atoms with Crippen LogP contribution in [0.3, 0.4) is 0 Å². The molecule has 3 N–H and O–H groups in total. The van der Waals surface area contributed by atoms with E-state index in [1.54, 1.807) is 17.5 Å². The number of rotatable bonds is 2. The molecule has 0 atom stereocenters. The van der Waals surface area contributed by atoms with Gasteiger partial charge in [0.1, 0.15) is 0 Å². The van der Waals surface area contributed by atoms with Crippen LogP contribution in [-0.4, -0.2) is 15.5 Å². The van der Waals surface area contributed by atoms with Gasteiger partial charge in [0.05, 0.1) is 0 Å². The molecular formula is C10H10N4OS. The molecule has 1 heterocycles. The molecule has 0 unspecified atom stereocenters. The van der Waals surface area contributed by atoms with E-state index in [2.05, 4.69) is 14.9 Å². The van der Waals surface area contributed by atoms with E-state index in [0.29, 0.717) is 17.1 Å². The number of aromatic nitrogens is 2. The Morgan fingerprint density at radius 2 is 2.31 bits per heavy atom. The van der Waals surface area contributed by atoms with E-state index < -0.39 is 0 Å². The van der Waals surface area contributed by atoms with E-state index >= 15 is 0 Å². The summed E-state index contributed by atoms with van der Waals surface area (Å²) in [6.45, 7) is 1.88. The Balaban J connectivity index is 2.15. The molecule has 2 aromatic rings. The number of nitrogens with two attached hydrogens (primary N) is 1. The average Bonchev–Trinajstić information content (AvgIpc) is 2.77. The van der Waals surface area contributed by atoms with E-state index in [9.17, 15) is 4.79 Å². The zero-order valence-corrected chi connectivity index (χ0v) is 9.41. The maximum Gasteiger partial charge on any atom is 0.277 e. The van der Waals surface area contributed by atoms with Gasteiger partial charge in [-0.25, -0.2) is 0 Å². The van der Waals surface area contributed by atoms with Gasteiger partial charge in [0, 0.05) is 16.8 Å². The van der Waals surface area contributed by atoms with Crippen molar-refractivity contribution in [3.05, 3.63) is 34.8 Å². The summed E-state index contributed by atoms with van der Waals surface area (Å²) >= 11 is 1.14. The van der Waals surface area contributed by atoms with Gasteiger partial charge in [0.15, 0.2) is 5.69 Å². The van der Waals surface area contributed by atoms with Gasteiger partial charge in [0.25, 0.3) is 5.91 Å². The second kappa shape index (κ2) is 4.28. The molecule has 1 aromatic heterocycles. The topological polar surface area (TPSA) is 80.9 Å². The molecule has 5 nitrogen and oxygen atoms in total. The maximum absolute atomic E-state index is 11.6.